The summed E-state index contributed by atoms with van der Waals surface area (Å²) in [5, 5.41) is 4.37. The molecular formula is C12H19N3O2S. The van der Waals surface area contributed by atoms with Gasteiger partial charge in [0.2, 0.25) is 0 Å². The van der Waals surface area contributed by atoms with E-state index in [1.807, 2.05) is 10.7 Å². The molecule has 2 N–H and O–H groups in total. The van der Waals surface area contributed by atoms with Crippen LogP contribution in [0.4, 0.5) is 0 Å². The Labute approximate surface area is 107 Å². The van der Waals surface area contributed by atoms with Crippen molar-refractivity contribution in [3.05, 3.63) is 18.0 Å². The molecule has 0 aromatic carbocycles. The third-order valence-corrected chi connectivity index (χ3v) is 5.76. The van der Waals surface area contributed by atoms with Gasteiger partial charge in [-0.25, -0.2) is 8.42 Å². The molecule has 1 saturated carbocycles. The minimum Gasteiger partial charge on any atom is -0.325 e. The molecule has 1 aromatic rings. The lowest BCUT2D eigenvalue weighted by Gasteiger charge is -2.24. The first-order chi connectivity index (χ1) is 8.48. The number of sulfone groups is 1. The molecule has 0 unspecified atom stereocenters. The Hall–Kier alpha value is -0.880. The summed E-state index contributed by atoms with van der Waals surface area (Å²) in [7, 11) is -2.81. The van der Waals surface area contributed by atoms with E-state index < -0.39 is 9.84 Å². The maximum Gasteiger partial charge on any atom is 0.150 e. The number of aromatic nitrogens is 2. The monoisotopic (exact) mass is 269 g/mol. The van der Waals surface area contributed by atoms with Gasteiger partial charge < -0.3 is 5.73 Å². The van der Waals surface area contributed by atoms with Gasteiger partial charge in [0, 0.05) is 23.9 Å². The van der Waals surface area contributed by atoms with Crippen molar-refractivity contribution >= 4 is 9.84 Å². The molecule has 0 atom stereocenters. The van der Waals surface area contributed by atoms with E-state index in [9.17, 15) is 8.42 Å². The summed E-state index contributed by atoms with van der Waals surface area (Å²) in [4.78, 5) is 0. The highest BCUT2D eigenvalue weighted by Gasteiger charge is 2.39. The van der Waals surface area contributed by atoms with Crippen LogP contribution in [0.3, 0.4) is 0 Å². The van der Waals surface area contributed by atoms with E-state index in [1.54, 1.807) is 6.20 Å². The molecule has 0 amide bonds. The molecule has 3 rings (SSSR count). The molecule has 18 heavy (non-hydrogen) atoms. The first kappa shape index (κ1) is 12.2. The molecule has 0 radical (unpaired) electrons. The van der Waals surface area contributed by atoms with Crippen LogP contribution in [0, 0.1) is 0 Å². The van der Waals surface area contributed by atoms with Gasteiger partial charge in [-0.3, -0.25) is 4.68 Å². The summed E-state index contributed by atoms with van der Waals surface area (Å²) in [5.74, 6) is 0.565. The van der Waals surface area contributed by atoms with E-state index in [-0.39, 0.29) is 23.1 Å². The largest absolute Gasteiger partial charge is 0.325 e. The zero-order valence-electron chi connectivity index (χ0n) is 10.4. The maximum atomic E-state index is 11.4. The van der Waals surface area contributed by atoms with Gasteiger partial charge >= 0.3 is 0 Å². The lowest BCUT2D eigenvalue weighted by atomic mass is 10.1. The summed E-state index contributed by atoms with van der Waals surface area (Å²) in [5.41, 5.74) is 7.27. The van der Waals surface area contributed by atoms with Crippen molar-refractivity contribution in [1.82, 2.24) is 9.78 Å². The van der Waals surface area contributed by atoms with Crippen LogP contribution < -0.4 is 5.73 Å². The Morgan fingerprint density at radius 3 is 2.67 bits per heavy atom. The van der Waals surface area contributed by atoms with E-state index in [0.717, 1.165) is 25.0 Å². The van der Waals surface area contributed by atoms with Crippen molar-refractivity contribution < 1.29 is 8.42 Å². The van der Waals surface area contributed by atoms with Gasteiger partial charge in [-0.05, 0) is 31.7 Å². The topological polar surface area (TPSA) is 78.0 Å². The SMILES string of the molecule is NC1(Cc2ccnn2C2CCS(=O)(=O)CC2)CC1. The van der Waals surface area contributed by atoms with E-state index in [0.29, 0.717) is 12.8 Å². The van der Waals surface area contributed by atoms with Crippen LogP contribution in [0.5, 0.6) is 0 Å². The second-order valence-electron chi connectivity index (χ2n) is 5.69. The van der Waals surface area contributed by atoms with Crippen LogP contribution in [-0.4, -0.2) is 35.2 Å². The fourth-order valence-electron chi connectivity index (χ4n) is 2.63. The number of rotatable bonds is 3. The van der Waals surface area contributed by atoms with Crippen molar-refractivity contribution in [2.45, 2.75) is 43.7 Å². The van der Waals surface area contributed by atoms with Crippen LogP contribution in [0.2, 0.25) is 0 Å². The normalized spacial score (nSPS) is 26.1. The summed E-state index contributed by atoms with van der Waals surface area (Å²) < 4.78 is 24.9. The van der Waals surface area contributed by atoms with Gasteiger partial charge in [-0.15, -0.1) is 0 Å². The van der Waals surface area contributed by atoms with E-state index in [2.05, 4.69) is 5.10 Å². The van der Waals surface area contributed by atoms with Crippen LogP contribution in [-0.2, 0) is 16.3 Å². The zero-order valence-corrected chi connectivity index (χ0v) is 11.2. The Bertz CT molecular complexity index is 531. The Morgan fingerprint density at radius 2 is 2.06 bits per heavy atom. The molecule has 2 heterocycles. The fourth-order valence-corrected chi connectivity index (χ4v) is 4.10. The van der Waals surface area contributed by atoms with Gasteiger partial charge in [0.1, 0.15) is 9.84 Å². The maximum absolute atomic E-state index is 11.4. The predicted octanol–water partition coefficient (Wildman–Crippen LogP) is 0.667. The number of hydrogen-bond donors (Lipinski definition) is 1. The quantitative estimate of drug-likeness (QED) is 0.874. The van der Waals surface area contributed by atoms with E-state index >= 15 is 0 Å². The highest BCUT2D eigenvalue weighted by molar-refractivity contribution is 7.91. The molecule has 1 aliphatic heterocycles. The van der Waals surface area contributed by atoms with Crippen molar-refractivity contribution in [1.29, 1.82) is 0 Å². The summed E-state index contributed by atoms with van der Waals surface area (Å²) in [6.07, 6.45) is 6.16. The van der Waals surface area contributed by atoms with Gasteiger partial charge in [0.25, 0.3) is 0 Å². The van der Waals surface area contributed by atoms with E-state index in [4.69, 9.17) is 5.73 Å². The molecule has 100 valence electrons. The van der Waals surface area contributed by atoms with Gasteiger partial charge in [0.15, 0.2) is 0 Å². The van der Waals surface area contributed by atoms with E-state index in [1.165, 1.54) is 0 Å². The van der Waals surface area contributed by atoms with Crippen molar-refractivity contribution in [3.63, 3.8) is 0 Å². The lowest BCUT2D eigenvalue weighted by Crippen LogP contribution is -2.30. The van der Waals surface area contributed by atoms with Gasteiger partial charge in [-0.2, -0.15) is 5.10 Å². The molecular weight excluding hydrogens is 250 g/mol. The average molecular weight is 269 g/mol. The number of hydrogen-bond acceptors (Lipinski definition) is 4. The van der Waals surface area contributed by atoms with Crippen molar-refractivity contribution in [3.8, 4) is 0 Å². The molecule has 6 heteroatoms. The lowest BCUT2D eigenvalue weighted by molar-refractivity contribution is 0.396. The summed E-state index contributed by atoms with van der Waals surface area (Å²) in [6.45, 7) is 0. The minimum atomic E-state index is -2.81. The first-order valence-corrected chi connectivity index (χ1v) is 8.31. The van der Waals surface area contributed by atoms with Gasteiger partial charge in [-0.1, -0.05) is 0 Å². The van der Waals surface area contributed by atoms with Crippen molar-refractivity contribution in [2.75, 3.05) is 11.5 Å². The fraction of sp³-hybridized carbons (Fsp3) is 0.750. The smallest absolute Gasteiger partial charge is 0.150 e. The van der Waals surface area contributed by atoms with Crippen LogP contribution in [0.15, 0.2) is 12.3 Å². The molecule has 1 aromatic heterocycles. The standard InChI is InChI=1S/C12H19N3O2S/c13-12(4-5-12)9-11-1-6-14-15(11)10-2-7-18(16,17)8-3-10/h1,6,10H,2-5,7-9,13H2. The Kier molecular flexibility index (Phi) is 2.75. The van der Waals surface area contributed by atoms with Gasteiger partial charge in [0.05, 0.1) is 17.5 Å². The molecule has 1 aliphatic carbocycles. The van der Waals surface area contributed by atoms with Crippen LogP contribution in [0.25, 0.3) is 0 Å². The highest BCUT2D eigenvalue weighted by Crippen LogP contribution is 2.36. The van der Waals surface area contributed by atoms with Crippen LogP contribution in [0.1, 0.15) is 37.4 Å². The second kappa shape index (κ2) is 4.06. The van der Waals surface area contributed by atoms with Crippen LogP contribution >= 0.6 is 0 Å². The number of nitrogens with zero attached hydrogens (tertiary/aromatic N) is 2. The number of nitrogens with two attached hydrogens (primary N) is 1. The van der Waals surface area contributed by atoms with Crippen molar-refractivity contribution in [2.24, 2.45) is 5.73 Å². The third kappa shape index (κ3) is 2.44. The molecule has 1 saturated heterocycles. The molecule has 0 bridgehead atoms. The molecule has 5 nitrogen and oxygen atoms in total. The molecule has 2 fully saturated rings. The highest BCUT2D eigenvalue weighted by atomic mass is 32.2. The zero-order chi connectivity index (χ0) is 12.8. The first-order valence-electron chi connectivity index (χ1n) is 6.49. The third-order valence-electron chi connectivity index (χ3n) is 4.05. The predicted molar refractivity (Wildman–Crippen MR) is 69.0 cm³/mol. The molecule has 2 aliphatic rings. The Morgan fingerprint density at radius 1 is 1.39 bits per heavy atom. The Balaban J connectivity index is 1.75. The summed E-state index contributed by atoms with van der Waals surface area (Å²) >= 11 is 0. The molecule has 0 spiro atoms. The minimum absolute atomic E-state index is 0.0292. The second-order valence-corrected chi connectivity index (χ2v) is 7.99. The summed E-state index contributed by atoms with van der Waals surface area (Å²) in [6, 6.07) is 2.23. The average Bonchev–Trinajstić information content (AvgIpc) is 2.85.